The second-order valence-electron chi connectivity index (χ2n) is 6.90. The second kappa shape index (κ2) is 3.75. The van der Waals surface area contributed by atoms with Crippen LogP contribution < -0.4 is 10.6 Å². The molecular weight excluding hydrogens is 236 g/mol. The number of hydrogen-bond acceptors (Lipinski definition) is 2. The topological polar surface area (TPSA) is 41.1 Å². The number of benzene rings is 1. The zero-order valence-corrected chi connectivity index (χ0v) is 12.1. The third-order valence-corrected chi connectivity index (χ3v) is 5.37. The van der Waals surface area contributed by atoms with Gasteiger partial charge in [0.2, 0.25) is 0 Å². The van der Waals surface area contributed by atoms with E-state index < -0.39 is 0 Å². The number of nitrogens with one attached hydrogen (secondary N) is 2. The van der Waals surface area contributed by atoms with E-state index in [4.69, 9.17) is 0 Å². The highest BCUT2D eigenvalue weighted by atomic mass is 16.1. The molecule has 0 saturated heterocycles. The Hall–Kier alpha value is -1.51. The van der Waals surface area contributed by atoms with Crippen molar-refractivity contribution in [1.82, 2.24) is 5.32 Å². The molecule has 0 atom stereocenters. The van der Waals surface area contributed by atoms with Crippen molar-refractivity contribution in [3.63, 3.8) is 0 Å². The molecule has 1 fully saturated rings. The molecule has 19 heavy (non-hydrogen) atoms. The first-order valence-corrected chi connectivity index (χ1v) is 7.02. The lowest BCUT2D eigenvalue weighted by Gasteiger charge is -2.08. The Bertz CT molecular complexity index is 532. The minimum atomic E-state index is 0.0540. The van der Waals surface area contributed by atoms with Gasteiger partial charge in [-0.3, -0.25) is 4.79 Å². The number of hydrogen-bond donors (Lipinski definition) is 2. The summed E-state index contributed by atoms with van der Waals surface area (Å²) in [5, 5.41) is 6.50. The summed E-state index contributed by atoms with van der Waals surface area (Å²) in [5.74, 6) is 0.0540. The van der Waals surface area contributed by atoms with Crippen LogP contribution in [0.4, 0.5) is 5.69 Å². The maximum Gasteiger partial charge on any atom is 0.251 e. The SMILES string of the molecule is CC1(C)C(NC(=O)c2ccc3c(c2)CCN3)C1(C)C. The molecule has 1 aliphatic carbocycles. The summed E-state index contributed by atoms with van der Waals surface area (Å²) < 4.78 is 0. The number of carbonyl (C=O) groups is 1. The monoisotopic (exact) mass is 258 g/mol. The van der Waals surface area contributed by atoms with E-state index in [1.807, 2.05) is 18.2 Å². The molecule has 3 nitrogen and oxygen atoms in total. The van der Waals surface area contributed by atoms with Crippen LogP contribution in [0, 0.1) is 10.8 Å². The van der Waals surface area contributed by atoms with Crippen molar-refractivity contribution >= 4 is 11.6 Å². The third kappa shape index (κ3) is 1.75. The van der Waals surface area contributed by atoms with Crippen molar-refractivity contribution in [2.75, 3.05) is 11.9 Å². The molecule has 1 aliphatic heterocycles. The lowest BCUT2D eigenvalue weighted by Crippen LogP contribution is -2.29. The van der Waals surface area contributed by atoms with E-state index in [2.05, 4.69) is 38.3 Å². The summed E-state index contributed by atoms with van der Waals surface area (Å²) in [7, 11) is 0. The molecule has 3 rings (SSSR count). The molecule has 1 heterocycles. The van der Waals surface area contributed by atoms with Crippen LogP contribution in [0.25, 0.3) is 0 Å². The summed E-state index contributed by atoms with van der Waals surface area (Å²) in [6.45, 7) is 9.83. The normalized spacial score (nSPS) is 22.5. The van der Waals surface area contributed by atoms with Crippen LogP contribution in [0.5, 0.6) is 0 Å². The molecule has 1 amide bonds. The predicted octanol–water partition coefficient (Wildman–Crippen LogP) is 2.82. The van der Waals surface area contributed by atoms with Crippen molar-refractivity contribution in [1.29, 1.82) is 0 Å². The first kappa shape index (κ1) is 12.5. The zero-order valence-electron chi connectivity index (χ0n) is 12.1. The van der Waals surface area contributed by atoms with E-state index >= 15 is 0 Å². The van der Waals surface area contributed by atoms with E-state index in [9.17, 15) is 4.79 Å². The van der Waals surface area contributed by atoms with Crippen LogP contribution in [-0.4, -0.2) is 18.5 Å². The van der Waals surface area contributed by atoms with Gasteiger partial charge < -0.3 is 10.6 Å². The second-order valence-corrected chi connectivity index (χ2v) is 6.90. The Morgan fingerprint density at radius 1 is 1.26 bits per heavy atom. The Kier molecular flexibility index (Phi) is 2.47. The van der Waals surface area contributed by atoms with E-state index in [0.29, 0.717) is 0 Å². The molecule has 2 aliphatic rings. The van der Waals surface area contributed by atoms with E-state index in [1.54, 1.807) is 0 Å². The van der Waals surface area contributed by atoms with Crippen LogP contribution in [0.1, 0.15) is 43.6 Å². The highest BCUT2D eigenvalue weighted by molar-refractivity contribution is 5.95. The standard InChI is InChI=1S/C16H22N2O/c1-15(2)14(16(15,3)4)18-13(19)11-5-6-12-10(9-11)7-8-17-12/h5-6,9,14,17H,7-8H2,1-4H3,(H,18,19). The number of rotatable bonds is 2. The van der Waals surface area contributed by atoms with E-state index in [1.165, 1.54) is 11.3 Å². The Morgan fingerprint density at radius 2 is 1.95 bits per heavy atom. The van der Waals surface area contributed by atoms with Crippen molar-refractivity contribution in [3.05, 3.63) is 29.3 Å². The quantitative estimate of drug-likeness (QED) is 0.856. The Balaban J connectivity index is 1.76. The molecule has 0 radical (unpaired) electrons. The van der Waals surface area contributed by atoms with Crippen LogP contribution >= 0.6 is 0 Å². The predicted molar refractivity (Wildman–Crippen MR) is 77.5 cm³/mol. The summed E-state index contributed by atoms with van der Waals surface area (Å²) >= 11 is 0. The van der Waals surface area contributed by atoms with Gasteiger partial charge in [-0.2, -0.15) is 0 Å². The molecule has 2 N–H and O–H groups in total. The summed E-state index contributed by atoms with van der Waals surface area (Å²) in [6, 6.07) is 6.21. The number of carbonyl (C=O) groups excluding carboxylic acids is 1. The smallest absolute Gasteiger partial charge is 0.251 e. The lowest BCUT2D eigenvalue weighted by molar-refractivity contribution is 0.0943. The van der Waals surface area contributed by atoms with Gasteiger partial charge in [0.1, 0.15) is 0 Å². The van der Waals surface area contributed by atoms with Gasteiger partial charge in [-0.25, -0.2) is 0 Å². The van der Waals surface area contributed by atoms with Gasteiger partial charge in [0.05, 0.1) is 0 Å². The highest BCUT2D eigenvalue weighted by Crippen LogP contribution is 2.62. The zero-order chi connectivity index (χ0) is 13.8. The fourth-order valence-corrected chi connectivity index (χ4v) is 3.22. The summed E-state index contributed by atoms with van der Waals surface area (Å²) in [5.41, 5.74) is 3.56. The van der Waals surface area contributed by atoms with Gasteiger partial charge in [-0.1, -0.05) is 27.7 Å². The fraction of sp³-hybridized carbons (Fsp3) is 0.562. The average molecular weight is 258 g/mol. The minimum absolute atomic E-state index is 0.0540. The van der Waals surface area contributed by atoms with E-state index in [0.717, 1.165) is 18.5 Å². The number of amides is 1. The first-order chi connectivity index (χ1) is 8.84. The Morgan fingerprint density at radius 3 is 2.58 bits per heavy atom. The fourth-order valence-electron chi connectivity index (χ4n) is 3.22. The van der Waals surface area contributed by atoms with Crippen LogP contribution in [0.3, 0.4) is 0 Å². The maximum absolute atomic E-state index is 12.3. The third-order valence-electron chi connectivity index (χ3n) is 5.37. The van der Waals surface area contributed by atoms with Crippen LogP contribution in [-0.2, 0) is 6.42 Å². The van der Waals surface area contributed by atoms with Crippen LogP contribution in [0.2, 0.25) is 0 Å². The van der Waals surface area contributed by atoms with Crippen molar-refractivity contribution < 1.29 is 4.79 Å². The number of anilines is 1. The summed E-state index contributed by atoms with van der Waals surface area (Å²) in [4.78, 5) is 12.3. The maximum atomic E-state index is 12.3. The molecule has 1 saturated carbocycles. The largest absolute Gasteiger partial charge is 0.384 e. The molecule has 0 bridgehead atoms. The molecule has 1 aromatic carbocycles. The lowest BCUT2D eigenvalue weighted by atomic mass is 10.0. The van der Waals surface area contributed by atoms with Crippen LogP contribution in [0.15, 0.2) is 18.2 Å². The number of fused-ring (bicyclic) bond motifs is 1. The Labute approximate surface area is 114 Å². The van der Waals surface area contributed by atoms with Gasteiger partial charge >= 0.3 is 0 Å². The molecule has 0 unspecified atom stereocenters. The van der Waals surface area contributed by atoms with Gasteiger partial charge in [-0.05, 0) is 41.0 Å². The molecule has 102 valence electrons. The molecule has 0 spiro atoms. The molecular formula is C16H22N2O. The minimum Gasteiger partial charge on any atom is -0.384 e. The average Bonchev–Trinajstić information content (AvgIpc) is 2.76. The molecule has 3 heteroatoms. The highest BCUT2D eigenvalue weighted by Gasteiger charge is 2.65. The summed E-state index contributed by atoms with van der Waals surface area (Å²) in [6.07, 6.45) is 1.01. The van der Waals surface area contributed by atoms with E-state index in [-0.39, 0.29) is 22.8 Å². The molecule has 0 aromatic heterocycles. The van der Waals surface area contributed by atoms with Crippen molar-refractivity contribution in [2.45, 2.75) is 40.2 Å². The molecule has 1 aromatic rings. The van der Waals surface area contributed by atoms with Gasteiger partial charge in [-0.15, -0.1) is 0 Å². The van der Waals surface area contributed by atoms with Crippen molar-refractivity contribution in [2.24, 2.45) is 10.8 Å². The van der Waals surface area contributed by atoms with Crippen molar-refractivity contribution in [3.8, 4) is 0 Å². The van der Waals surface area contributed by atoms with Gasteiger partial charge in [0, 0.05) is 23.8 Å². The van der Waals surface area contributed by atoms with Gasteiger partial charge in [0.25, 0.3) is 5.91 Å². The van der Waals surface area contributed by atoms with Gasteiger partial charge in [0.15, 0.2) is 0 Å². The first-order valence-electron chi connectivity index (χ1n) is 7.02.